The Morgan fingerprint density at radius 3 is 2.75 bits per heavy atom. The number of ketones is 1. The highest BCUT2D eigenvalue weighted by molar-refractivity contribution is 5.80. The highest BCUT2D eigenvalue weighted by Gasteiger charge is 2.12. The maximum absolute atomic E-state index is 11.7. The van der Waals surface area contributed by atoms with E-state index in [1.165, 1.54) is 6.33 Å². The first-order valence-electron chi connectivity index (χ1n) is 5.55. The van der Waals surface area contributed by atoms with Crippen LogP contribution in [0.4, 0.5) is 0 Å². The van der Waals surface area contributed by atoms with E-state index in [0.29, 0.717) is 12.8 Å². The summed E-state index contributed by atoms with van der Waals surface area (Å²) in [6.07, 6.45) is 2.46. The maximum atomic E-state index is 11.7. The summed E-state index contributed by atoms with van der Waals surface area (Å²) in [6.45, 7) is 4.85. The van der Waals surface area contributed by atoms with Crippen molar-refractivity contribution in [3.8, 4) is 0 Å². The monoisotopic (exact) mass is 224 g/mol. The molecule has 0 unspecified atom stereocenters. The lowest BCUT2D eigenvalue weighted by Gasteiger charge is -2.10. The van der Waals surface area contributed by atoms with E-state index in [0.717, 1.165) is 12.4 Å². The first kappa shape index (κ1) is 12.8. The standard InChI is InChI=1S/C11H20N4O/c1-9(2)15-11(12-8-13-15)7-10(16)5-6-14(3)4/h8-9H,5-7H2,1-4H3. The van der Waals surface area contributed by atoms with Crippen LogP contribution < -0.4 is 0 Å². The summed E-state index contributed by atoms with van der Waals surface area (Å²) in [5, 5.41) is 4.11. The molecule has 0 fully saturated rings. The topological polar surface area (TPSA) is 51.0 Å². The lowest BCUT2D eigenvalue weighted by molar-refractivity contribution is -0.118. The summed E-state index contributed by atoms with van der Waals surface area (Å²) in [4.78, 5) is 17.8. The van der Waals surface area contributed by atoms with Crippen molar-refractivity contribution in [2.45, 2.75) is 32.7 Å². The molecule has 0 aromatic carbocycles. The van der Waals surface area contributed by atoms with Gasteiger partial charge in [-0.05, 0) is 27.9 Å². The molecule has 0 aliphatic rings. The Labute approximate surface area is 96.5 Å². The highest BCUT2D eigenvalue weighted by atomic mass is 16.1. The van der Waals surface area contributed by atoms with Crippen LogP contribution in [0.3, 0.4) is 0 Å². The van der Waals surface area contributed by atoms with Crippen LogP contribution in [0, 0.1) is 0 Å². The molecule has 1 rings (SSSR count). The second kappa shape index (κ2) is 5.75. The molecule has 0 saturated heterocycles. The molecule has 0 bridgehead atoms. The zero-order chi connectivity index (χ0) is 12.1. The molecule has 0 atom stereocenters. The molecule has 1 heterocycles. The van der Waals surface area contributed by atoms with Crippen LogP contribution in [0.1, 0.15) is 32.1 Å². The van der Waals surface area contributed by atoms with Gasteiger partial charge >= 0.3 is 0 Å². The maximum Gasteiger partial charge on any atom is 0.141 e. The Bertz CT molecular complexity index is 344. The molecule has 0 spiro atoms. The highest BCUT2D eigenvalue weighted by Crippen LogP contribution is 2.06. The Morgan fingerprint density at radius 2 is 2.19 bits per heavy atom. The van der Waals surface area contributed by atoms with Gasteiger partial charge in [0.05, 0.1) is 6.42 Å². The van der Waals surface area contributed by atoms with E-state index in [9.17, 15) is 4.79 Å². The van der Waals surface area contributed by atoms with Crippen molar-refractivity contribution >= 4 is 5.78 Å². The number of hydrogen-bond donors (Lipinski definition) is 0. The quantitative estimate of drug-likeness (QED) is 0.721. The number of Topliss-reactive ketones (excluding diaryl/α,β-unsaturated/α-hetero) is 1. The zero-order valence-corrected chi connectivity index (χ0v) is 10.5. The Morgan fingerprint density at radius 1 is 1.50 bits per heavy atom. The summed E-state index contributed by atoms with van der Waals surface area (Å²) < 4.78 is 1.80. The molecule has 16 heavy (non-hydrogen) atoms. The summed E-state index contributed by atoms with van der Waals surface area (Å²) >= 11 is 0. The fourth-order valence-electron chi connectivity index (χ4n) is 1.44. The van der Waals surface area contributed by atoms with Crippen molar-refractivity contribution < 1.29 is 4.79 Å². The van der Waals surface area contributed by atoms with Gasteiger partial charge in [-0.1, -0.05) is 0 Å². The second-order valence-corrected chi connectivity index (χ2v) is 4.48. The van der Waals surface area contributed by atoms with Gasteiger partial charge in [-0.15, -0.1) is 0 Å². The van der Waals surface area contributed by atoms with Crippen molar-refractivity contribution in [1.82, 2.24) is 19.7 Å². The van der Waals surface area contributed by atoms with Gasteiger partial charge in [0.15, 0.2) is 0 Å². The zero-order valence-electron chi connectivity index (χ0n) is 10.5. The minimum Gasteiger partial charge on any atom is -0.309 e. The number of rotatable bonds is 6. The molecule has 0 radical (unpaired) electrons. The van der Waals surface area contributed by atoms with Gasteiger partial charge in [0.25, 0.3) is 0 Å². The predicted octanol–water partition coefficient (Wildman–Crippen LogP) is 0.922. The van der Waals surface area contributed by atoms with E-state index < -0.39 is 0 Å². The van der Waals surface area contributed by atoms with Gasteiger partial charge in [0, 0.05) is 19.0 Å². The van der Waals surface area contributed by atoms with Crippen LogP contribution in [0.5, 0.6) is 0 Å². The molecular weight excluding hydrogens is 204 g/mol. The Balaban J connectivity index is 2.53. The summed E-state index contributed by atoms with van der Waals surface area (Å²) in [5.41, 5.74) is 0. The van der Waals surface area contributed by atoms with Crippen LogP contribution in [0.2, 0.25) is 0 Å². The van der Waals surface area contributed by atoms with E-state index in [1.807, 2.05) is 32.8 Å². The number of aromatic nitrogens is 3. The van der Waals surface area contributed by atoms with Crippen molar-refractivity contribution in [2.75, 3.05) is 20.6 Å². The first-order valence-corrected chi connectivity index (χ1v) is 5.55. The van der Waals surface area contributed by atoms with Gasteiger partial charge in [0.1, 0.15) is 17.9 Å². The van der Waals surface area contributed by atoms with Gasteiger partial charge in [-0.25, -0.2) is 9.67 Å². The van der Waals surface area contributed by atoms with Gasteiger partial charge < -0.3 is 4.90 Å². The third-order valence-electron chi connectivity index (χ3n) is 2.33. The van der Waals surface area contributed by atoms with E-state index in [4.69, 9.17) is 0 Å². The third-order valence-corrected chi connectivity index (χ3v) is 2.33. The first-order chi connectivity index (χ1) is 7.50. The molecule has 5 heteroatoms. The van der Waals surface area contributed by atoms with E-state index >= 15 is 0 Å². The van der Waals surface area contributed by atoms with Crippen molar-refractivity contribution in [2.24, 2.45) is 0 Å². The normalized spacial score (nSPS) is 11.4. The largest absolute Gasteiger partial charge is 0.309 e. The molecule has 90 valence electrons. The minimum atomic E-state index is 0.212. The molecular formula is C11H20N4O. The fourth-order valence-corrected chi connectivity index (χ4v) is 1.44. The van der Waals surface area contributed by atoms with E-state index in [-0.39, 0.29) is 11.8 Å². The van der Waals surface area contributed by atoms with Crippen molar-refractivity contribution in [3.63, 3.8) is 0 Å². The molecule has 5 nitrogen and oxygen atoms in total. The Kier molecular flexibility index (Phi) is 4.61. The van der Waals surface area contributed by atoms with E-state index in [1.54, 1.807) is 4.68 Å². The van der Waals surface area contributed by atoms with Gasteiger partial charge in [-0.3, -0.25) is 4.79 Å². The summed E-state index contributed by atoms with van der Waals surface area (Å²) in [5.74, 6) is 0.974. The van der Waals surface area contributed by atoms with Crippen molar-refractivity contribution in [1.29, 1.82) is 0 Å². The Hall–Kier alpha value is -1.23. The van der Waals surface area contributed by atoms with Crippen LogP contribution >= 0.6 is 0 Å². The van der Waals surface area contributed by atoms with Crippen LogP contribution in [-0.4, -0.2) is 46.1 Å². The van der Waals surface area contributed by atoms with Crippen LogP contribution in [-0.2, 0) is 11.2 Å². The summed E-state index contributed by atoms with van der Waals surface area (Å²) in [7, 11) is 3.92. The molecule has 0 aliphatic heterocycles. The number of carbonyl (C=O) groups excluding carboxylic acids is 1. The molecule has 0 aliphatic carbocycles. The van der Waals surface area contributed by atoms with Gasteiger partial charge in [-0.2, -0.15) is 5.10 Å². The third kappa shape index (κ3) is 3.73. The number of nitrogens with zero attached hydrogens (tertiary/aromatic N) is 4. The van der Waals surface area contributed by atoms with Crippen LogP contribution in [0.15, 0.2) is 6.33 Å². The van der Waals surface area contributed by atoms with E-state index in [2.05, 4.69) is 10.1 Å². The molecule has 0 saturated carbocycles. The lowest BCUT2D eigenvalue weighted by atomic mass is 10.2. The smallest absolute Gasteiger partial charge is 0.141 e. The predicted molar refractivity (Wildman–Crippen MR) is 62.3 cm³/mol. The van der Waals surface area contributed by atoms with Crippen LogP contribution in [0.25, 0.3) is 0 Å². The SMILES string of the molecule is CC(C)n1ncnc1CC(=O)CCN(C)C. The number of carbonyl (C=O) groups is 1. The van der Waals surface area contributed by atoms with Crippen molar-refractivity contribution in [3.05, 3.63) is 12.2 Å². The molecule has 0 amide bonds. The second-order valence-electron chi connectivity index (χ2n) is 4.48. The molecule has 1 aromatic rings. The lowest BCUT2D eigenvalue weighted by Crippen LogP contribution is -2.19. The molecule has 0 N–H and O–H groups in total. The summed E-state index contributed by atoms with van der Waals surface area (Å²) in [6, 6.07) is 0.249. The number of hydrogen-bond acceptors (Lipinski definition) is 4. The average molecular weight is 224 g/mol. The molecule has 1 aromatic heterocycles. The minimum absolute atomic E-state index is 0.212. The van der Waals surface area contributed by atoms with Gasteiger partial charge in [0.2, 0.25) is 0 Å². The fraction of sp³-hybridized carbons (Fsp3) is 0.727. The average Bonchev–Trinajstić information content (AvgIpc) is 2.62.